The molecule has 18 heavy (non-hydrogen) atoms. The first-order valence-electron chi connectivity index (χ1n) is 7.11. The third kappa shape index (κ3) is 5.67. The number of unbranched alkanes of at least 4 members (excludes halogenated alkanes) is 2. The molecule has 0 aromatic heterocycles. The third-order valence-electron chi connectivity index (χ3n) is 3.34. The van der Waals surface area contributed by atoms with Crippen LogP contribution in [0.15, 0.2) is 12.2 Å². The summed E-state index contributed by atoms with van der Waals surface area (Å²) in [5.41, 5.74) is 0.480. The lowest BCUT2D eigenvalue weighted by Crippen LogP contribution is -2.28. The molecule has 0 bridgehead atoms. The summed E-state index contributed by atoms with van der Waals surface area (Å²) in [7, 11) is 0. The van der Waals surface area contributed by atoms with Gasteiger partial charge in [0.15, 0.2) is 0 Å². The maximum atomic E-state index is 11.4. The molecule has 1 fully saturated rings. The Morgan fingerprint density at radius 1 is 1.17 bits per heavy atom. The molecule has 1 aliphatic rings. The van der Waals surface area contributed by atoms with Gasteiger partial charge in [-0.2, -0.15) is 0 Å². The van der Waals surface area contributed by atoms with Gasteiger partial charge in [0.05, 0.1) is 6.10 Å². The lowest BCUT2D eigenvalue weighted by Gasteiger charge is -2.28. The topological polar surface area (TPSA) is 35.5 Å². The summed E-state index contributed by atoms with van der Waals surface area (Å²) in [6.45, 7) is 8.34. The van der Waals surface area contributed by atoms with Crippen molar-refractivity contribution < 1.29 is 14.3 Å². The number of ether oxygens (including phenoxy) is 2. The fourth-order valence-electron chi connectivity index (χ4n) is 2.17. The maximum Gasteiger partial charge on any atom is 0.333 e. The van der Waals surface area contributed by atoms with Crippen LogP contribution in [0.2, 0.25) is 0 Å². The van der Waals surface area contributed by atoms with E-state index in [1.54, 1.807) is 6.92 Å². The van der Waals surface area contributed by atoms with E-state index in [0.717, 1.165) is 38.7 Å². The van der Waals surface area contributed by atoms with Gasteiger partial charge in [0, 0.05) is 12.2 Å². The van der Waals surface area contributed by atoms with Crippen molar-refractivity contribution in [2.45, 2.75) is 71.0 Å². The lowest BCUT2D eigenvalue weighted by atomic mass is 9.95. The molecular weight excluding hydrogens is 228 g/mol. The predicted molar refractivity (Wildman–Crippen MR) is 72.4 cm³/mol. The number of rotatable bonds is 7. The zero-order chi connectivity index (χ0) is 13.4. The monoisotopic (exact) mass is 254 g/mol. The van der Waals surface area contributed by atoms with Crippen LogP contribution in [0.3, 0.4) is 0 Å². The molecule has 0 spiro atoms. The Morgan fingerprint density at radius 2 is 1.78 bits per heavy atom. The molecule has 0 atom stereocenters. The van der Waals surface area contributed by atoms with Crippen molar-refractivity contribution in [3.05, 3.63) is 12.2 Å². The molecule has 0 N–H and O–H groups in total. The van der Waals surface area contributed by atoms with E-state index in [-0.39, 0.29) is 12.1 Å². The average molecular weight is 254 g/mol. The minimum atomic E-state index is -0.262. The van der Waals surface area contributed by atoms with Crippen LogP contribution in [0.1, 0.15) is 58.8 Å². The summed E-state index contributed by atoms with van der Waals surface area (Å²) >= 11 is 0. The second kappa shape index (κ2) is 8.30. The van der Waals surface area contributed by atoms with Gasteiger partial charge < -0.3 is 9.47 Å². The molecule has 1 saturated carbocycles. The Balaban J connectivity index is 2.12. The van der Waals surface area contributed by atoms with Crippen LogP contribution in [0.25, 0.3) is 0 Å². The largest absolute Gasteiger partial charge is 0.459 e. The Kier molecular flexibility index (Phi) is 7.02. The molecule has 0 heterocycles. The predicted octanol–water partition coefficient (Wildman–Crippen LogP) is 3.62. The fraction of sp³-hybridized carbons (Fsp3) is 0.800. The van der Waals surface area contributed by atoms with Crippen LogP contribution < -0.4 is 0 Å². The van der Waals surface area contributed by atoms with Crippen molar-refractivity contribution in [2.75, 3.05) is 6.61 Å². The highest BCUT2D eigenvalue weighted by Crippen LogP contribution is 2.24. The van der Waals surface area contributed by atoms with Gasteiger partial charge in [-0.3, -0.25) is 0 Å². The van der Waals surface area contributed by atoms with Gasteiger partial charge in [0.1, 0.15) is 6.10 Å². The van der Waals surface area contributed by atoms with Crippen LogP contribution in [0, 0.1) is 0 Å². The van der Waals surface area contributed by atoms with Gasteiger partial charge in [0.2, 0.25) is 0 Å². The molecule has 0 saturated heterocycles. The van der Waals surface area contributed by atoms with E-state index in [2.05, 4.69) is 13.5 Å². The van der Waals surface area contributed by atoms with Crippen LogP contribution in [-0.2, 0) is 14.3 Å². The molecule has 0 aromatic carbocycles. The number of hydrogen-bond donors (Lipinski definition) is 0. The third-order valence-corrected chi connectivity index (χ3v) is 3.34. The molecule has 0 aliphatic heterocycles. The van der Waals surface area contributed by atoms with Crippen molar-refractivity contribution in [3.63, 3.8) is 0 Å². The second-order valence-corrected chi connectivity index (χ2v) is 5.16. The first-order chi connectivity index (χ1) is 8.63. The molecule has 3 nitrogen and oxygen atoms in total. The second-order valence-electron chi connectivity index (χ2n) is 5.16. The summed E-state index contributed by atoms with van der Waals surface area (Å²) in [6, 6.07) is 0. The quantitative estimate of drug-likeness (QED) is 0.395. The minimum absolute atomic E-state index is 0.0599. The summed E-state index contributed by atoms with van der Waals surface area (Å²) in [5.74, 6) is -0.262. The van der Waals surface area contributed by atoms with Crippen LogP contribution in [-0.4, -0.2) is 24.8 Å². The van der Waals surface area contributed by atoms with Crippen molar-refractivity contribution in [1.82, 2.24) is 0 Å². The fourth-order valence-corrected chi connectivity index (χ4v) is 2.17. The molecule has 0 aromatic rings. The van der Waals surface area contributed by atoms with Gasteiger partial charge in [-0.15, -0.1) is 0 Å². The number of carbonyl (C=O) groups is 1. The zero-order valence-electron chi connectivity index (χ0n) is 11.7. The highest BCUT2D eigenvalue weighted by Gasteiger charge is 2.24. The Bertz CT molecular complexity index is 265. The average Bonchev–Trinajstić information content (AvgIpc) is 2.36. The molecule has 0 unspecified atom stereocenters. The van der Waals surface area contributed by atoms with Crippen molar-refractivity contribution >= 4 is 5.97 Å². The van der Waals surface area contributed by atoms with Crippen LogP contribution >= 0.6 is 0 Å². The van der Waals surface area contributed by atoms with Crippen molar-refractivity contribution in [1.29, 1.82) is 0 Å². The van der Waals surface area contributed by atoms with Gasteiger partial charge in [-0.05, 0) is 39.0 Å². The molecule has 0 radical (unpaired) electrons. The molecule has 1 aliphatic carbocycles. The normalized spacial score (nSPS) is 23.7. The van der Waals surface area contributed by atoms with E-state index < -0.39 is 0 Å². The number of hydrogen-bond acceptors (Lipinski definition) is 3. The number of esters is 1. The van der Waals surface area contributed by atoms with Crippen LogP contribution in [0.4, 0.5) is 0 Å². The van der Waals surface area contributed by atoms with Gasteiger partial charge in [0.25, 0.3) is 0 Å². The lowest BCUT2D eigenvalue weighted by molar-refractivity contribution is -0.147. The Labute approximate surface area is 111 Å². The van der Waals surface area contributed by atoms with Gasteiger partial charge in [-0.25, -0.2) is 4.79 Å². The van der Waals surface area contributed by atoms with Gasteiger partial charge >= 0.3 is 5.97 Å². The Morgan fingerprint density at radius 3 is 2.33 bits per heavy atom. The minimum Gasteiger partial charge on any atom is -0.459 e. The van der Waals surface area contributed by atoms with E-state index in [4.69, 9.17) is 9.47 Å². The van der Waals surface area contributed by atoms with Crippen molar-refractivity contribution in [3.8, 4) is 0 Å². The van der Waals surface area contributed by atoms with Gasteiger partial charge in [-0.1, -0.05) is 26.3 Å². The smallest absolute Gasteiger partial charge is 0.333 e. The first kappa shape index (κ1) is 15.2. The Hall–Kier alpha value is -0.830. The standard InChI is InChI=1S/C15H26O3/c1-4-5-6-11-17-13-7-9-14(10-8-13)18-15(16)12(2)3/h13-14H,2,4-11H2,1,3H3. The summed E-state index contributed by atoms with van der Waals surface area (Å²) in [5, 5.41) is 0. The van der Waals surface area contributed by atoms with Crippen molar-refractivity contribution in [2.24, 2.45) is 0 Å². The highest BCUT2D eigenvalue weighted by atomic mass is 16.5. The summed E-state index contributed by atoms with van der Waals surface area (Å²) < 4.78 is 11.2. The SMILES string of the molecule is C=C(C)C(=O)OC1CCC(OCCCCC)CC1. The van der Waals surface area contributed by atoms with E-state index in [1.807, 2.05) is 0 Å². The van der Waals surface area contributed by atoms with E-state index in [0.29, 0.717) is 11.7 Å². The zero-order valence-corrected chi connectivity index (χ0v) is 11.7. The van der Waals surface area contributed by atoms with E-state index in [9.17, 15) is 4.79 Å². The maximum absolute atomic E-state index is 11.4. The molecule has 3 heteroatoms. The molecular formula is C15H26O3. The van der Waals surface area contributed by atoms with Crippen LogP contribution in [0.5, 0.6) is 0 Å². The first-order valence-corrected chi connectivity index (χ1v) is 7.11. The van der Waals surface area contributed by atoms with E-state index in [1.165, 1.54) is 12.8 Å². The molecule has 1 rings (SSSR count). The highest BCUT2D eigenvalue weighted by molar-refractivity contribution is 5.87. The summed E-state index contributed by atoms with van der Waals surface area (Å²) in [4.78, 5) is 11.4. The molecule has 0 amide bonds. The number of carbonyl (C=O) groups excluding carboxylic acids is 1. The summed E-state index contributed by atoms with van der Waals surface area (Å²) in [6.07, 6.45) is 7.88. The molecule has 104 valence electrons. The van der Waals surface area contributed by atoms with E-state index >= 15 is 0 Å².